The molecule has 2 atom stereocenters. The van der Waals surface area contributed by atoms with E-state index in [9.17, 15) is 39.0 Å². The average Bonchev–Trinajstić information content (AvgIpc) is 2.94. The minimum Gasteiger partial charge on any atom is -0.478 e. The van der Waals surface area contributed by atoms with Gasteiger partial charge < -0.3 is 24.4 Å². The second-order valence-electron chi connectivity index (χ2n) is 9.09. The Morgan fingerprint density at radius 2 is 1.10 bits per heavy atom. The summed E-state index contributed by atoms with van der Waals surface area (Å²) in [6.45, 7) is 8.83. The van der Waals surface area contributed by atoms with Crippen molar-refractivity contribution in [1.29, 1.82) is 0 Å². The minimum atomic E-state index is -1.36. The van der Waals surface area contributed by atoms with Gasteiger partial charge in [0.15, 0.2) is 11.6 Å². The van der Waals surface area contributed by atoms with Crippen LogP contribution >= 0.6 is 0 Å². The summed E-state index contributed by atoms with van der Waals surface area (Å²) in [5.74, 6) is -5.28. The van der Waals surface area contributed by atoms with Crippen LogP contribution in [0.4, 0.5) is 0 Å². The molecule has 11 nitrogen and oxygen atoms in total. The van der Waals surface area contributed by atoms with Crippen molar-refractivity contribution in [3.05, 3.63) is 95.1 Å². The Hall–Kier alpha value is -4.90. The van der Waals surface area contributed by atoms with Crippen LogP contribution in [0.5, 0.6) is 0 Å². The Balaban J connectivity index is 2.15. The molecule has 0 saturated heterocycles. The lowest BCUT2D eigenvalue weighted by Crippen LogP contribution is -2.29. The van der Waals surface area contributed by atoms with Crippen LogP contribution in [0.2, 0.25) is 0 Å². The van der Waals surface area contributed by atoms with Gasteiger partial charge in [-0.15, -0.1) is 0 Å². The van der Waals surface area contributed by atoms with Crippen LogP contribution < -0.4 is 0 Å². The third-order valence-corrected chi connectivity index (χ3v) is 5.61. The number of carboxylic acid groups (broad SMARTS) is 1. The molecule has 0 bridgehead atoms. The maximum atomic E-state index is 12.9. The standard InChI is InChI=1S/C30H30O11/c1-17(2)25(32)13-19(31)15-39-28(36)23-11-7-8-12-24(23)29(37)40-16-20(14-26(33)18(3)4)41-30(38)22-10-6-5-9-21(22)27(34)35/h5-12,19-20,31H,1,3,13-16H2,2,4H3,(H,34,35). The van der Waals surface area contributed by atoms with Crippen molar-refractivity contribution < 1.29 is 53.2 Å². The van der Waals surface area contributed by atoms with Crippen molar-refractivity contribution in [3.63, 3.8) is 0 Å². The largest absolute Gasteiger partial charge is 0.478 e. The summed E-state index contributed by atoms with van der Waals surface area (Å²) in [5.41, 5.74) is -0.595. The predicted octanol–water partition coefficient (Wildman–Crippen LogP) is 3.36. The SMILES string of the molecule is C=C(C)C(=O)CC(O)COC(=O)c1ccccc1C(=O)OCC(CC(=O)C(=C)C)OC(=O)c1ccccc1C(=O)O. The molecule has 2 aromatic carbocycles. The summed E-state index contributed by atoms with van der Waals surface area (Å²) < 4.78 is 15.6. The van der Waals surface area contributed by atoms with Gasteiger partial charge in [0.2, 0.25) is 0 Å². The first-order valence-corrected chi connectivity index (χ1v) is 12.3. The van der Waals surface area contributed by atoms with Gasteiger partial charge >= 0.3 is 23.9 Å². The summed E-state index contributed by atoms with van der Waals surface area (Å²) in [7, 11) is 0. The highest BCUT2D eigenvalue weighted by atomic mass is 16.6. The fourth-order valence-corrected chi connectivity index (χ4v) is 3.36. The fourth-order valence-electron chi connectivity index (χ4n) is 3.36. The third kappa shape index (κ3) is 9.66. The number of esters is 3. The molecule has 0 aliphatic rings. The van der Waals surface area contributed by atoms with Crippen LogP contribution in [-0.4, -0.2) is 71.1 Å². The number of carbonyl (C=O) groups is 6. The highest BCUT2D eigenvalue weighted by Gasteiger charge is 2.26. The van der Waals surface area contributed by atoms with Crippen LogP contribution in [0.25, 0.3) is 0 Å². The second kappa shape index (κ2) is 15.0. The highest BCUT2D eigenvalue weighted by molar-refractivity contribution is 6.04. The lowest BCUT2D eigenvalue weighted by molar-refractivity contribution is -0.118. The molecule has 0 fully saturated rings. The number of aromatic carboxylic acids is 1. The number of rotatable bonds is 15. The number of allylic oxidation sites excluding steroid dienone is 2. The zero-order valence-corrected chi connectivity index (χ0v) is 22.6. The van der Waals surface area contributed by atoms with Gasteiger partial charge in [-0.1, -0.05) is 37.4 Å². The molecule has 2 unspecified atom stereocenters. The van der Waals surface area contributed by atoms with Crippen LogP contribution in [0.3, 0.4) is 0 Å². The molecule has 0 aromatic heterocycles. The second-order valence-corrected chi connectivity index (χ2v) is 9.09. The summed E-state index contributed by atoms with van der Waals surface area (Å²) >= 11 is 0. The minimum absolute atomic E-state index is 0.156. The Kier molecular flexibility index (Phi) is 11.9. The Labute approximate surface area is 236 Å². The van der Waals surface area contributed by atoms with Crippen LogP contribution in [0, 0.1) is 0 Å². The zero-order valence-electron chi connectivity index (χ0n) is 22.6. The van der Waals surface area contributed by atoms with Gasteiger partial charge in [-0.05, 0) is 49.3 Å². The maximum Gasteiger partial charge on any atom is 0.339 e. The molecule has 2 rings (SSSR count). The molecule has 0 heterocycles. The van der Waals surface area contributed by atoms with E-state index >= 15 is 0 Å². The summed E-state index contributed by atoms with van der Waals surface area (Å²) in [5, 5.41) is 19.3. The van der Waals surface area contributed by atoms with Crippen LogP contribution in [-0.2, 0) is 23.8 Å². The van der Waals surface area contributed by atoms with Gasteiger partial charge in [-0.3, -0.25) is 9.59 Å². The zero-order chi connectivity index (χ0) is 30.7. The van der Waals surface area contributed by atoms with E-state index in [0.29, 0.717) is 0 Å². The highest BCUT2D eigenvalue weighted by Crippen LogP contribution is 2.17. The number of ketones is 2. The van der Waals surface area contributed by atoms with Gasteiger partial charge in [-0.25, -0.2) is 19.2 Å². The van der Waals surface area contributed by atoms with Crippen LogP contribution in [0.15, 0.2) is 72.8 Å². The van der Waals surface area contributed by atoms with Gasteiger partial charge in [0.1, 0.15) is 19.3 Å². The molecule has 2 aromatic rings. The van der Waals surface area contributed by atoms with E-state index in [1.54, 1.807) is 0 Å². The lowest BCUT2D eigenvalue weighted by Gasteiger charge is -2.19. The quantitative estimate of drug-likeness (QED) is 0.184. The molecule has 0 aliphatic heterocycles. The number of hydrogen-bond acceptors (Lipinski definition) is 10. The van der Waals surface area contributed by atoms with E-state index in [-0.39, 0.29) is 39.8 Å². The number of ether oxygens (including phenoxy) is 3. The van der Waals surface area contributed by atoms with Crippen molar-refractivity contribution in [2.24, 2.45) is 0 Å². The molecule has 0 amide bonds. The molecular formula is C30H30O11. The number of Topliss-reactive ketones (excluding diaryl/α,β-unsaturated/α-hetero) is 2. The Morgan fingerprint density at radius 1 is 0.683 bits per heavy atom. The number of carbonyl (C=O) groups excluding carboxylic acids is 5. The normalized spacial score (nSPS) is 11.9. The number of carboxylic acids is 1. The molecule has 0 radical (unpaired) electrons. The first kappa shape index (κ1) is 32.3. The monoisotopic (exact) mass is 566 g/mol. The average molecular weight is 567 g/mol. The first-order chi connectivity index (χ1) is 19.3. The third-order valence-electron chi connectivity index (χ3n) is 5.61. The van der Waals surface area contributed by atoms with Crippen molar-refractivity contribution in [2.45, 2.75) is 38.9 Å². The van der Waals surface area contributed by atoms with E-state index in [1.807, 2.05) is 0 Å². The van der Waals surface area contributed by atoms with E-state index in [0.717, 1.165) is 0 Å². The maximum absolute atomic E-state index is 12.9. The lowest BCUT2D eigenvalue weighted by atomic mass is 10.1. The van der Waals surface area contributed by atoms with Gasteiger partial charge in [0.05, 0.1) is 34.8 Å². The molecule has 41 heavy (non-hydrogen) atoms. The predicted molar refractivity (Wildman–Crippen MR) is 144 cm³/mol. The molecule has 0 saturated carbocycles. The Morgan fingerprint density at radius 3 is 1.56 bits per heavy atom. The molecular weight excluding hydrogens is 536 g/mol. The van der Waals surface area contributed by atoms with Crippen molar-refractivity contribution in [2.75, 3.05) is 13.2 Å². The van der Waals surface area contributed by atoms with E-state index < -0.39 is 67.3 Å². The van der Waals surface area contributed by atoms with E-state index in [2.05, 4.69) is 13.2 Å². The summed E-state index contributed by atoms with van der Waals surface area (Å²) in [4.78, 5) is 73.8. The Bertz CT molecular complexity index is 1370. The number of aliphatic hydroxyl groups excluding tert-OH is 1. The molecule has 216 valence electrons. The van der Waals surface area contributed by atoms with Crippen LogP contribution in [0.1, 0.15) is 68.1 Å². The molecule has 0 spiro atoms. The van der Waals surface area contributed by atoms with Gasteiger partial charge in [-0.2, -0.15) is 0 Å². The first-order valence-electron chi connectivity index (χ1n) is 12.3. The number of benzene rings is 2. The fraction of sp³-hybridized carbons (Fsp3) is 0.267. The van der Waals surface area contributed by atoms with E-state index in [1.165, 1.54) is 62.4 Å². The number of aliphatic hydroxyl groups is 1. The molecule has 0 aliphatic carbocycles. The van der Waals surface area contributed by atoms with E-state index in [4.69, 9.17) is 14.2 Å². The van der Waals surface area contributed by atoms with Gasteiger partial charge in [0.25, 0.3) is 0 Å². The topological polar surface area (TPSA) is 171 Å². The molecule has 2 N–H and O–H groups in total. The summed E-state index contributed by atoms with van der Waals surface area (Å²) in [6.07, 6.45) is -3.30. The summed E-state index contributed by atoms with van der Waals surface area (Å²) in [6, 6.07) is 10.8. The smallest absolute Gasteiger partial charge is 0.339 e. The van der Waals surface area contributed by atoms with Crippen molar-refractivity contribution in [1.82, 2.24) is 0 Å². The van der Waals surface area contributed by atoms with Crippen molar-refractivity contribution in [3.8, 4) is 0 Å². The van der Waals surface area contributed by atoms with Crippen molar-refractivity contribution >= 4 is 35.4 Å². The molecule has 11 heteroatoms. The number of hydrogen-bond donors (Lipinski definition) is 2. The van der Waals surface area contributed by atoms with Gasteiger partial charge in [0, 0.05) is 6.42 Å².